The fourth-order valence-electron chi connectivity index (χ4n) is 7.14. The SMILES string of the molecule is NC1=NC2[C@H](CN3C(=O)CN(c4ccccc4)C3=O)N=C(N)N3CC(NC(=O)c4cccc5c4CC(F)(F)CC5)C(O)(O)C23N1. The van der Waals surface area contributed by atoms with Gasteiger partial charge in [-0.1, -0.05) is 30.3 Å². The first-order valence-electron chi connectivity index (χ1n) is 14.5. The number of carbonyl (C=O) groups is 3. The van der Waals surface area contributed by atoms with E-state index in [0.29, 0.717) is 11.3 Å². The normalized spacial score (nSPS) is 29.4. The summed E-state index contributed by atoms with van der Waals surface area (Å²) in [4.78, 5) is 52.3. The predicted molar refractivity (Wildman–Crippen MR) is 156 cm³/mol. The number of fused-ring (bicyclic) bond motifs is 1. The summed E-state index contributed by atoms with van der Waals surface area (Å²) in [5.41, 5.74) is 11.8. The van der Waals surface area contributed by atoms with Gasteiger partial charge >= 0.3 is 6.03 Å². The lowest BCUT2D eigenvalue weighted by atomic mass is 9.84. The molecule has 4 amide bonds. The van der Waals surface area contributed by atoms with Gasteiger partial charge in [0.15, 0.2) is 17.6 Å². The number of imide groups is 1. The highest BCUT2D eigenvalue weighted by Crippen LogP contribution is 2.45. The standard InChI is InChI=1S/C29H31F2N9O5/c30-27(31)10-9-15-5-4-8-17(18(15)11-27)23(42)35-20-13-40-25(33)34-19(22-28(40,29(20,44)45)37-24(32)36-22)12-39-21(41)14-38(26(39)43)16-6-2-1-3-7-16/h1-8,19-20,22,44-45H,9-14H2,(H2,33,34)(H,35,42)(H3,32,36,37)/t19-,20?,22?,28?/m0/s1. The van der Waals surface area contributed by atoms with Crippen molar-refractivity contribution in [3.8, 4) is 0 Å². The summed E-state index contributed by atoms with van der Waals surface area (Å²) in [6.45, 7) is -0.757. The minimum atomic E-state index is -2.97. The Labute approximate surface area is 255 Å². The molecule has 7 rings (SSSR count). The van der Waals surface area contributed by atoms with Crippen molar-refractivity contribution in [1.29, 1.82) is 0 Å². The van der Waals surface area contributed by atoms with Crippen molar-refractivity contribution in [3.05, 3.63) is 65.2 Å². The fraction of sp³-hybridized carbons (Fsp3) is 0.414. The van der Waals surface area contributed by atoms with Crippen LogP contribution in [0.15, 0.2) is 58.5 Å². The zero-order valence-electron chi connectivity index (χ0n) is 23.9. The van der Waals surface area contributed by atoms with E-state index in [-0.39, 0.29) is 55.5 Å². The number of carbonyl (C=O) groups excluding carboxylic acids is 3. The molecule has 14 nitrogen and oxygen atoms in total. The van der Waals surface area contributed by atoms with Crippen molar-refractivity contribution in [2.45, 2.75) is 54.8 Å². The number of anilines is 1. The molecule has 16 heteroatoms. The second-order valence-corrected chi connectivity index (χ2v) is 12.0. The van der Waals surface area contributed by atoms with E-state index in [9.17, 15) is 33.4 Å². The van der Waals surface area contributed by atoms with Gasteiger partial charge in [0.1, 0.15) is 18.6 Å². The number of nitrogens with zero attached hydrogens (tertiary/aromatic N) is 5. The highest BCUT2D eigenvalue weighted by atomic mass is 19.3. The summed E-state index contributed by atoms with van der Waals surface area (Å²) in [6, 6.07) is 9.12. The summed E-state index contributed by atoms with van der Waals surface area (Å²) in [7, 11) is 0. The van der Waals surface area contributed by atoms with Crippen molar-refractivity contribution >= 4 is 35.5 Å². The van der Waals surface area contributed by atoms with Gasteiger partial charge in [-0.2, -0.15) is 0 Å². The average molecular weight is 624 g/mol. The Morgan fingerprint density at radius 1 is 1.09 bits per heavy atom. The molecule has 1 aliphatic carbocycles. The molecule has 1 spiro atoms. The van der Waals surface area contributed by atoms with E-state index < -0.39 is 59.8 Å². The molecule has 2 fully saturated rings. The summed E-state index contributed by atoms with van der Waals surface area (Å²) in [5.74, 6) is -7.39. The number of halogens is 2. The Kier molecular flexibility index (Phi) is 6.32. The van der Waals surface area contributed by atoms with E-state index in [1.807, 2.05) is 0 Å². The fourth-order valence-corrected chi connectivity index (χ4v) is 7.14. The second-order valence-electron chi connectivity index (χ2n) is 12.0. The monoisotopic (exact) mass is 623 g/mol. The van der Waals surface area contributed by atoms with Crippen molar-refractivity contribution in [2.75, 3.05) is 24.5 Å². The van der Waals surface area contributed by atoms with Gasteiger partial charge in [-0.3, -0.25) is 19.4 Å². The summed E-state index contributed by atoms with van der Waals surface area (Å²) in [5, 5.41) is 28.9. The maximum atomic E-state index is 14.3. The predicted octanol–water partition coefficient (Wildman–Crippen LogP) is -0.946. The first-order valence-corrected chi connectivity index (χ1v) is 14.5. The van der Waals surface area contributed by atoms with E-state index in [1.165, 1.54) is 15.9 Å². The minimum Gasteiger partial charge on any atom is -0.370 e. The first kappa shape index (κ1) is 28.9. The molecule has 2 aromatic carbocycles. The Morgan fingerprint density at radius 2 is 1.84 bits per heavy atom. The molecule has 4 aliphatic heterocycles. The highest BCUT2D eigenvalue weighted by Gasteiger charge is 2.73. The Balaban J connectivity index is 1.16. The Morgan fingerprint density at radius 3 is 2.60 bits per heavy atom. The van der Waals surface area contributed by atoms with Gasteiger partial charge in [0.2, 0.25) is 5.79 Å². The Hall–Kier alpha value is -4.83. The molecule has 2 aromatic rings. The number of aryl methyl sites for hydroxylation is 1. The van der Waals surface area contributed by atoms with Crippen LogP contribution in [0.4, 0.5) is 19.3 Å². The van der Waals surface area contributed by atoms with Crippen LogP contribution >= 0.6 is 0 Å². The van der Waals surface area contributed by atoms with Crippen molar-refractivity contribution in [3.63, 3.8) is 0 Å². The molecule has 236 valence electrons. The van der Waals surface area contributed by atoms with E-state index >= 15 is 0 Å². The number of guanidine groups is 2. The van der Waals surface area contributed by atoms with Gasteiger partial charge in [-0.15, -0.1) is 0 Å². The van der Waals surface area contributed by atoms with Gasteiger partial charge in [0.25, 0.3) is 17.7 Å². The number of aliphatic hydroxyl groups is 2. The third-order valence-electron chi connectivity index (χ3n) is 9.31. The molecular weight excluding hydrogens is 592 g/mol. The molecule has 45 heavy (non-hydrogen) atoms. The van der Waals surface area contributed by atoms with Crippen LogP contribution in [0.1, 0.15) is 27.9 Å². The largest absolute Gasteiger partial charge is 0.370 e. The van der Waals surface area contributed by atoms with E-state index in [1.54, 1.807) is 42.5 Å². The second kappa shape index (κ2) is 9.84. The number of hydrogen-bond donors (Lipinski definition) is 6. The number of urea groups is 1. The lowest BCUT2D eigenvalue weighted by Gasteiger charge is -2.49. The van der Waals surface area contributed by atoms with Gasteiger partial charge in [-0.05, 0) is 35.7 Å². The number of benzene rings is 2. The summed E-state index contributed by atoms with van der Waals surface area (Å²) >= 11 is 0. The van der Waals surface area contributed by atoms with Gasteiger partial charge < -0.3 is 37.2 Å². The minimum absolute atomic E-state index is 0.00489. The van der Waals surface area contributed by atoms with E-state index in [4.69, 9.17) is 11.5 Å². The molecule has 4 atom stereocenters. The van der Waals surface area contributed by atoms with Crippen molar-refractivity contribution in [2.24, 2.45) is 21.5 Å². The van der Waals surface area contributed by atoms with Crippen LogP contribution in [0.2, 0.25) is 0 Å². The molecule has 0 aromatic heterocycles. The zero-order chi connectivity index (χ0) is 31.9. The lowest BCUT2D eigenvalue weighted by molar-refractivity contribution is -0.230. The van der Waals surface area contributed by atoms with Crippen LogP contribution in [-0.4, -0.2) is 105 Å². The van der Waals surface area contributed by atoms with Crippen LogP contribution in [0, 0.1) is 0 Å². The van der Waals surface area contributed by atoms with Crippen LogP contribution in [0.25, 0.3) is 0 Å². The Bertz CT molecular complexity index is 1670. The number of rotatable bonds is 5. The molecule has 5 aliphatic rings. The van der Waals surface area contributed by atoms with Crippen molar-refractivity contribution < 1.29 is 33.4 Å². The number of nitrogens with one attached hydrogen (secondary N) is 2. The first-order chi connectivity index (χ1) is 21.3. The third-order valence-corrected chi connectivity index (χ3v) is 9.31. The number of nitrogens with two attached hydrogens (primary N) is 2. The molecular formula is C29H31F2N9O5. The van der Waals surface area contributed by atoms with E-state index in [2.05, 4.69) is 20.6 Å². The topological polar surface area (TPSA) is 202 Å². The highest BCUT2D eigenvalue weighted by molar-refractivity contribution is 6.12. The van der Waals surface area contributed by atoms with E-state index in [0.717, 1.165) is 4.90 Å². The molecule has 0 saturated carbocycles. The number of alkyl halides is 2. The molecule has 0 bridgehead atoms. The van der Waals surface area contributed by atoms with Gasteiger partial charge in [0.05, 0.1) is 12.6 Å². The molecule has 2 saturated heterocycles. The number of hydrogen-bond acceptors (Lipinski definition) is 11. The van der Waals surface area contributed by atoms with Gasteiger partial charge in [0, 0.05) is 30.6 Å². The maximum Gasteiger partial charge on any atom is 0.331 e. The number of para-hydroxylation sites is 1. The van der Waals surface area contributed by atoms with Gasteiger partial charge in [-0.25, -0.2) is 23.6 Å². The average Bonchev–Trinajstić information content (AvgIpc) is 3.57. The van der Waals surface area contributed by atoms with Crippen LogP contribution in [0.5, 0.6) is 0 Å². The maximum absolute atomic E-state index is 14.3. The van der Waals surface area contributed by atoms with Crippen LogP contribution < -0.4 is 27.0 Å². The molecule has 3 unspecified atom stereocenters. The van der Waals surface area contributed by atoms with Crippen molar-refractivity contribution in [1.82, 2.24) is 20.4 Å². The number of amides is 4. The summed E-state index contributed by atoms with van der Waals surface area (Å²) in [6.07, 6.45) is -0.828. The molecule has 8 N–H and O–H groups in total. The van der Waals surface area contributed by atoms with Crippen LogP contribution in [-0.2, 0) is 17.6 Å². The number of aliphatic imine (C=N–C) groups is 2. The lowest BCUT2D eigenvalue weighted by Crippen LogP contribution is -2.78. The quantitative estimate of drug-likeness (QED) is 0.179. The molecule has 4 heterocycles. The third kappa shape index (κ3) is 4.30. The smallest absolute Gasteiger partial charge is 0.331 e. The van der Waals surface area contributed by atoms with Crippen LogP contribution in [0.3, 0.4) is 0 Å². The zero-order valence-corrected chi connectivity index (χ0v) is 23.9. The molecule has 0 radical (unpaired) electrons. The summed E-state index contributed by atoms with van der Waals surface area (Å²) < 4.78 is 28.6.